The van der Waals surface area contributed by atoms with Gasteiger partial charge in [0.05, 0.1) is 0 Å². The monoisotopic (exact) mass is 742 g/mol. The van der Waals surface area contributed by atoms with E-state index in [2.05, 4.69) is 234 Å². The first-order valence-corrected chi connectivity index (χ1v) is 21.1. The van der Waals surface area contributed by atoms with Gasteiger partial charge >= 0.3 is 0 Å². The van der Waals surface area contributed by atoms with Crippen molar-refractivity contribution in [2.24, 2.45) is 0 Å². The lowest BCUT2D eigenvalue weighted by Crippen LogP contribution is -2.10. The maximum Gasteiger partial charge on any atom is 0.0461 e. The van der Waals surface area contributed by atoms with Crippen LogP contribution >= 0.6 is 0 Å². The van der Waals surface area contributed by atoms with Crippen molar-refractivity contribution in [3.8, 4) is 0 Å². The van der Waals surface area contributed by atoms with E-state index >= 15 is 0 Å². The van der Waals surface area contributed by atoms with Crippen LogP contribution < -0.4 is 4.90 Å². The summed E-state index contributed by atoms with van der Waals surface area (Å²) < 4.78 is 0. The molecule has 0 heterocycles. The average Bonchev–Trinajstić information content (AvgIpc) is 3.19. The molecule has 0 saturated heterocycles. The third-order valence-electron chi connectivity index (χ3n) is 11.3. The number of hydrogen-bond acceptors (Lipinski definition) is 1. The van der Waals surface area contributed by atoms with E-state index in [1.54, 1.807) is 0 Å². The molecule has 6 aromatic carbocycles. The molecule has 0 aliphatic carbocycles. The molecule has 0 fully saturated rings. The molecule has 1 heteroatoms. The summed E-state index contributed by atoms with van der Waals surface area (Å²) >= 11 is 0. The molecule has 0 spiro atoms. The standard InChI is InChI=1S/C28H34.C27H33N/c2*1-19(2)22-7-13-25(14-8-22)28(26-15-9-23(10-16-26)20(3)4)27-17-11-24(12-18-27)21(5)6/h7-21,28H,1-6H3;7-21H,1-6H3. The minimum Gasteiger partial charge on any atom is -0.311 e. The second-order valence-corrected chi connectivity index (χ2v) is 17.5. The lowest BCUT2D eigenvalue weighted by Gasteiger charge is -2.26. The van der Waals surface area contributed by atoms with Gasteiger partial charge in [-0.1, -0.05) is 192 Å². The van der Waals surface area contributed by atoms with Crippen LogP contribution in [0.3, 0.4) is 0 Å². The molecule has 1 nitrogen and oxygen atoms in total. The van der Waals surface area contributed by atoms with Gasteiger partial charge in [0.2, 0.25) is 0 Å². The van der Waals surface area contributed by atoms with Crippen LogP contribution in [0.1, 0.15) is 175 Å². The highest BCUT2D eigenvalue weighted by molar-refractivity contribution is 5.76. The molecular formula is C55H67N. The van der Waals surface area contributed by atoms with Crippen molar-refractivity contribution in [2.75, 3.05) is 4.90 Å². The lowest BCUT2D eigenvalue weighted by atomic mass is 9.83. The van der Waals surface area contributed by atoms with Gasteiger partial charge in [-0.15, -0.1) is 0 Å². The van der Waals surface area contributed by atoms with Crippen molar-refractivity contribution in [2.45, 2.75) is 125 Å². The minimum atomic E-state index is 0.267. The quantitative estimate of drug-likeness (QED) is 0.113. The summed E-state index contributed by atoms with van der Waals surface area (Å²) in [6.45, 7) is 26.9. The summed E-state index contributed by atoms with van der Waals surface area (Å²) in [4.78, 5) is 2.35. The molecule has 0 radical (unpaired) electrons. The van der Waals surface area contributed by atoms with Gasteiger partial charge in [0.15, 0.2) is 0 Å². The fourth-order valence-corrected chi connectivity index (χ4v) is 7.27. The third-order valence-corrected chi connectivity index (χ3v) is 11.3. The van der Waals surface area contributed by atoms with Gasteiger partial charge in [0, 0.05) is 23.0 Å². The van der Waals surface area contributed by atoms with E-state index < -0.39 is 0 Å². The zero-order valence-corrected chi connectivity index (χ0v) is 36.3. The van der Waals surface area contributed by atoms with Crippen LogP contribution in [0, 0.1) is 0 Å². The van der Waals surface area contributed by atoms with E-state index in [9.17, 15) is 0 Å². The van der Waals surface area contributed by atoms with Crippen LogP contribution in [-0.4, -0.2) is 0 Å². The molecule has 0 aliphatic rings. The average molecular weight is 742 g/mol. The van der Waals surface area contributed by atoms with E-state index in [1.807, 2.05) is 0 Å². The van der Waals surface area contributed by atoms with E-state index in [4.69, 9.17) is 0 Å². The van der Waals surface area contributed by atoms with Crippen molar-refractivity contribution >= 4 is 17.1 Å². The topological polar surface area (TPSA) is 3.24 Å². The van der Waals surface area contributed by atoms with E-state index in [-0.39, 0.29) is 5.92 Å². The molecule has 0 atom stereocenters. The summed E-state index contributed by atoms with van der Waals surface area (Å²) in [5.74, 6) is 3.56. The maximum atomic E-state index is 2.35. The first-order chi connectivity index (χ1) is 26.7. The largest absolute Gasteiger partial charge is 0.311 e. The molecule has 56 heavy (non-hydrogen) atoms. The fourth-order valence-electron chi connectivity index (χ4n) is 7.27. The zero-order chi connectivity index (χ0) is 40.5. The van der Waals surface area contributed by atoms with Gasteiger partial charge in [-0.25, -0.2) is 0 Å². The maximum absolute atomic E-state index is 2.35. The van der Waals surface area contributed by atoms with Crippen molar-refractivity contribution in [3.05, 3.63) is 196 Å². The Morgan fingerprint density at radius 2 is 0.357 bits per heavy atom. The summed E-state index contributed by atoms with van der Waals surface area (Å²) in [5, 5.41) is 0. The van der Waals surface area contributed by atoms with Crippen LogP contribution in [0.4, 0.5) is 17.1 Å². The molecule has 0 saturated carbocycles. The van der Waals surface area contributed by atoms with Crippen LogP contribution in [-0.2, 0) is 0 Å². The van der Waals surface area contributed by atoms with Gasteiger partial charge in [-0.05, 0) is 122 Å². The number of anilines is 3. The Kier molecular flexibility index (Phi) is 14.6. The smallest absolute Gasteiger partial charge is 0.0461 e. The Bertz CT molecular complexity index is 1640. The molecule has 0 unspecified atom stereocenters. The van der Waals surface area contributed by atoms with Crippen LogP contribution in [0.15, 0.2) is 146 Å². The zero-order valence-electron chi connectivity index (χ0n) is 36.3. The highest BCUT2D eigenvalue weighted by Gasteiger charge is 2.18. The first-order valence-electron chi connectivity index (χ1n) is 21.1. The molecule has 0 bridgehead atoms. The Hall–Kier alpha value is -4.88. The summed E-state index contributed by atoms with van der Waals surface area (Å²) in [5.41, 5.74) is 16.0. The second kappa shape index (κ2) is 19.3. The van der Waals surface area contributed by atoms with Gasteiger partial charge in [0.25, 0.3) is 0 Å². The predicted octanol–water partition coefficient (Wildman–Crippen LogP) is 16.8. The Labute approximate surface area is 340 Å². The van der Waals surface area contributed by atoms with Crippen LogP contribution in [0.25, 0.3) is 0 Å². The molecule has 292 valence electrons. The SMILES string of the molecule is CC(C)c1ccc(C(c2ccc(C(C)C)cc2)c2ccc(C(C)C)cc2)cc1.CC(C)c1ccc(N(c2ccc(C(C)C)cc2)c2ccc(C(C)C)cc2)cc1. The molecule has 0 N–H and O–H groups in total. The van der Waals surface area contributed by atoms with Crippen molar-refractivity contribution < 1.29 is 0 Å². The minimum absolute atomic E-state index is 0.267. The van der Waals surface area contributed by atoms with E-state index in [0.717, 1.165) is 0 Å². The fraction of sp³-hybridized carbons (Fsp3) is 0.345. The number of hydrogen-bond donors (Lipinski definition) is 0. The molecule has 6 aromatic rings. The van der Waals surface area contributed by atoms with Crippen molar-refractivity contribution in [3.63, 3.8) is 0 Å². The van der Waals surface area contributed by atoms with Gasteiger partial charge in [0.1, 0.15) is 0 Å². The third kappa shape index (κ3) is 10.7. The Morgan fingerprint density at radius 1 is 0.214 bits per heavy atom. The highest BCUT2D eigenvalue weighted by Crippen LogP contribution is 2.37. The Morgan fingerprint density at radius 3 is 0.518 bits per heavy atom. The summed E-state index contributed by atoms with van der Waals surface area (Å²) in [6.07, 6.45) is 0. The molecular weight excluding hydrogens is 675 g/mol. The molecule has 0 aromatic heterocycles. The molecule has 6 rings (SSSR count). The molecule has 0 amide bonds. The van der Waals surface area contributed by atoms with Crippen LogP contribution in [0.2, 0.25) is 0 Å². The van der Waals surface area contributed by atoms with E-state index in [1.165, 1.54) is 67.1 Å². The van der Waals surface area contributed by atoms with Gasteiger partial charge < -0.3 is 4.90 Å². The van der Waals surface area contributed by atoms with E-state index in [0.29, 0.717) is 35.5 Å². The van der Waals surface area contributed by atoms with Crippen molar-refractivity contribution in [1.29, 1.82) is 0 Å². The molecule has 0 aliphatic heterocycles. The predicted molar refractivity (Wildman–Crippen MR) is 246 cm³/mol. The van der Waals surface area contributed by atoms with Gasteiger partial charge in [-0.3, -0.25) is 0 Å². The normalized spacial score (nSPS) is 11.6. The number of rotatable bonds is 12. The lowest BCUT2D eigenvalue weighted by molar-refractivity contribution is 0.855. The highest BCUT2D eigenvalue weighted by atomic mass is 15.1. The van der Waals surface area contributed by atoms with Gasteiger partial charge in [-0.2, -0.15) is 0 Å². The van der Waals surface area contributed by atoms with Crippen molar-refractivity contribution in [1.82, 2.24) is 0 Å². The summed E-state index contributed by atoms with van der Waals surface area (Å²) in [7, 11) is 0. The number of benzene rings is 6. The summed E-state index contributed by atoms with van der Waals surface area (Å²) in [6, 6.07) is 54.5. The second-order valence-electron chi connectivity index (χ2n) is 17.5. The first kappa shape index (κ1) is 42.3. The van der Waals surface area contributed by atoms with Crippen LogP contribution in [0.5, 0.6) is 0 Å². The number of nitrogens with zero attached hydrogens (tertiary/aromatic N) is 1. The Balaban J connectivity index is 0.000000214.